The van der Waals surface area contributed by atoms with Gasteiger partial charge >= 0.3 is 0 Å². The largest absolute Gasteiger partial charge is 0.299 e. The van der Waals surface area contributed by atoms with Crippen molar-refractivity contribution in [1.29, 1.82) is 0 Å². The summed E-state index contributed by atoms with van der Waals surface area (Å²) in [6.45, 7) is 13.8. The van der Waals surface area contributed by atoms with Gasteiger partial charge in [-0.05, 0) is 46.6 Å². The lowest BCUT2D eigenvalue weighted by atomic mass is 9.89. The van der Waals surface area contributed by atoms with Gasteiger partial charge in [0.15, 0.2) is 0 Å². The van der Waals surface area contributed by atoms with Gasteiger partial charge in [0.1, 0.15) is 5.82 Å². The van der Waals surface area contributed by atoms with Crippen molar-refractivity contribution in [2.24, 2.45) is 0 Å². The van der Waals surface area contributed by atoms with E-state index in [0.717, 1.165) is 5.82 Å². The maximum absolute atomic E-state index is 4.90. The molecule has 2 nitrogen and oxygen atoms in total. The Bertz CT molecular complexity index is 1450. The molecule has 0 spiro atoms. The van der Waals surface area contributed by atoms with Crippen LogP contribution < -0.4 is 0 Å². The van der Waals surface area contributed by atoms with Gasteiger partial charge in [-0.1, -0.05) is 84.0 Å². The molecule has 0 fully saturated rings. The van der Waals surface area contributed by atoms with E-state index in [-0.39, 0.29) is 0 Å². The summed E-state index contributed by atoms with van der Waals surface area (Å²) in [7, 11) is 0. The van der Waals surface area contributed by atoms with Crippen LogP contribution in [0.25, 0.3) is 37.2 Å². The lowest BCUT2D eigenvalue weighted by molar-refractivity contribution is 0.814. The smallest absolute Gasteiger partial charge is 0.144 e. The average molecular weight is 453 g/mol. The van der Waals surface area contributed by atoms with Gasteiger partial charge < -0.3 is 0 Å². The van der Waals surface area contributed by atoms with Crippen LogP contribution in [-0.4, -0.2) is 9.55 Å². The van der Waals surface area contributed by atoms with Crippen molar-refractivity contribution in [3.05, 3.63) is 83.7 Å². The van der Waals surface area contributed by atoms with Crippen LogP contribution in [0.4, 0.5) is 0 Å². The van der Waals surface area contributed by atoms with Gasteiger partial charge in [0.2, 0.25) is 0 Å². The van der Waals surface area contributed by atoms with E-state index in [2.05, 4.69) is 107 Å². The number of benzene rings is 3. The lowest BCUT2D eigenvalue weighted by Gasteiger charge is -2.24. The molecule has 0 unspecified atom stereocenters. The first-order chi connectivity index (χ1) is 15.9. The monoisotopic (exact) mass is 452 g/mol. The molecule has 5 rings (SSSR count). The number of fused-ring (bicyclic) bond motifs is 3. The van der Waals surface area contributed by atoms with Crippen molar-refractivity contribution >= 4 is 31.5 Å². The molecule has 0 saturated heterocycles. The highest BCUT2D eigenvalue weighted by Gasteiger charge is 2.24. The molecule has 2 heterocycles. The Labute approximate surface area is 200 Å². The van der Waals surface area contributed by atoms with E-state index in [9.17, 15) is 0 Å². The van der Waals surface area contributed by atoms with E-state index in [1.165, 1.54) is 48.1 Å². The highest BCUT2D eigenvalue weighted by atomic mass is 32.1. The molecule has 2 aromatic heterocycles. The molecular weight excluding hydrogens is 420 g/mol. The summed E-state index contributed by atoms with van der Waals surface area (Å²) in [6, 6.07) is 20.0. The van der Waals surface area contributed by atoms with E-state index < -0.39 is 0 Å². The second kappa shape index (κ2) is 8.46. The van der Waals surface area contributed by atoms with Crippen LogP contribution in [0.15, 0.2) is 67.0 Å². The first kappa shape index (κ1) is 21.9. The van der Waals surface area contributed by atoms with Crippen molar-refractivity contribution in [2.45, 2.75) is 59.3 Å². The number of hydrogen-bond donors (Lipinski definition) is 0. The van der Waals surface area contributed by atoms with E-state index in [1.807, 2.05) is 17.5 Å². The molecule has 0 atom stereocenters. The zero-order valence-electron chi connectivity index (χ0n) is 20.4. The maximum atomic E-state index is 4.90. The second-order valence-electron chi connectivity index (χ2n) is 9.88. The van der Waals surface area contributed by atoms with Crippen LogP contribution in [0.5, 0.6) is 0 Å². The molecule has 3 aromatic carbocycles. The van der Waals surface area contributed by atoms with Gasteiger partial charge in [-0.15, -0.1) is 11.3 Å². The number of imidazole rings is 1. The lowest BCUT2D eigenvalue weighted by Crippen LogP contribution is -2.09. The van der Waals surface area contributed by atoms with E-state index >= 15 is 0 Å². The average Bonchev–Trinajstić information content (AvgIpc) is 3.42. The Morgan fingerprint density at radius 3 is 2.18 bits per heavy atom. The first-order valence-electron chi connectivity index (χ1n) is 12.0. The number of rotatable bonds is 5. The molecule has 168 valence electrons. The Morgan fingerprint density at radius 1 is 0.758 bits per heavy atom. The number of nitrogens with zero attached hydrogens (tertiary/aromatic N) is 2. The summed E-state index contributed by atoms with van der Waals surface area (Å²) in [5.74, 6) is 2.26. The molecule has 0 aliphatic carbocycles. The Kier molecular flexibility index (Phi) is 5.62. The standard InChI is InChI=1S/C30H32N2S/c1-18(2)21-11-7-8-13-23(21)30-31-15-16-32(30)28-24(19(3)4)17-25-22-12-9-10-14-26(22)33-29(25)27(28)20(5)6/h7-20H,1-6H3. The third-order valence-corrected chi connectivity index (χ3v) is 7.83. The quantitative estimate of drug-likeness (QED) is 0.260. The molecule has 0 bridgehead atoms. The van der Waals surface area contributed by atoms with Crippen LogP contribution >= 0.6 is 11.3 Å². The third-order valence-electron chi connectivity index (χ3n) is 6.61. The Balaban J connectivity index is 1.89. The summed E-state index contributed by atoms with van der Waals surface area (Å²) in [5, 5.41) is 2.75. The molecule has 0 aliphatic rings. The molecule has 5 aromatic rings. The molecule has 0 aliphatic heterocycles. The molecule has 0 N–H and O–H groups in total. The number of hydrogen-bond acceptors (Lipinski definition) is 2. The van der Waals surface area contributed by atoms with Crippen LogP contribution in [0, 0.1) is 0 Å². The minimum absolute atomic E-state index is 0.393. The zero-order valence-corrected chi connectivity index (χ0v) is 21.2. The predicted molar refractivity (Wildman–Crippen MR) is 144 cm³/mol. The first-order valence-corrected chi connectivity index (χ1v) is 12.8. The van der Waals surface area contributed by atoms with Gasteiger partial charge in [0.25, 0.3) is 0 Å². The predicted octanol–water partition coefficient (Wildman–Crippen LogP) is 9.28. The fraction of sp³-hybridized carbons (Fsp3) is 0.300. The van der Waals surface area contributed by atoms with Crippen LogP contribution in [0.1, 0.15) is 76.0 Å². The summed E-state index contributed by atoms with van der Waals surface area (Å²) in [4.78, 5) is 4.90. The van der Waals surface area contributed by atoms with Crippen molar-refractivity contribution in [1.82, 2.24) is 9.55 Å². The van der Waals surface area contributed by atoms with Crippen LogP contribution in [0.3, 0.4) is 0 Å². The van der Waals surface area contributed by atoms with Crippen molar-refractivity contribution in [3.63, 3.8) is 0 Å². The highest BCUT2D eigenvalue weighted by Crippen LogP contribution is 2.45. The van der Waals surface area contributed by atoms with Gasteiger partial charge in [0, 0.05) is 38.1 Å². The van der Waals surface area contributed by atoms with Gasteiger partial charge in [-0.25, -0.2) is 4.98 Å². The third kappa shape index (κ3) is 3.59. The Morgan fingerprint density at radius 2 is 1.45 bits per heavy atom. The van der Waals surface area contributed by atoms with Crippen LogP contribution in [0.2, 0.25) is 0 Å². The number of aromatic nitrogens is 2. The fourth-order valence-electron chi connectivity index (χ4n) is 5.03. The minimum Gasteiger partial charge on any atom is -0.299 e. The van der Waals surface area contributed by atoms with Crippen LogP contribution in [-0.2, 0) is 0 Å². The maximum Gasteiger partial charge on any atom is 0.144 e. The van der Waals surface area contributed by atoms with Crippen molar-refractivity contribution < 1.29 is 0 Å². The molecule has 0 saturated carbocycles. The molecule has 0 amide bonds. The van der Waals surface area contributed by atoms with Crippen molar-refractivity contribution in [2.75, 3.05) is 0 Å². The van der Waals surface area contributed by atoms with Gasteiger partial charge in [-0.3, -0.25) is 4.57 Å². The minimum atomic E-state index is 0.393. The van der Waals surface area contributed by atoms with Gasteiger partial charge in [0.05, 0.1) is 5.69 Å². The van der Waals surface area contributed by atoms with E-state index in [1.54, 1.807) is 0 Å². The zero-order chi connectivity index (χ0) is 23.3. The second-order valence-corrected chi connectivity index (χ2v) is 10.9. The topological polar surface area (TPSA) is 17.8 Å². The van der Waals surface area contributed by atoms with Crippen molar-refractivity contribution in [3.8, 4) is 17.1 Å². The highest BCUT2D eigenvalue weighted by molar-refractivity contribution is 7.26. The van der Waals surface area contributed by atoms with E-state index in [0.29, 0.717) is 17.8 Å². The number of thiophene rings is 1. The molecule has 33 heavy (non-hydrogen) atoms. The molecule has 0 radical (unpaired) electrons. The molecular formula is C30H32N2S. The van der Waals surface area contributed by atoms with Gasteiger partial charge in [-0.2, -0.15) is 0 Å². The SMILES string of the molecule is CC(C)c1ccccc1-c1nccn1-c1c(C(C)C)cc2c(sc3ccccc32)c1C(C)C. The van der Waals surface area contributed by atoms with E-state index in [4.69, 9.17) is 4.98 Å². The summed E-state index contributed by atoms with van der Waals surface area (Å²) in [6.07, 6.45) is 4.11. The molecule has 3 heteroatoms. The fourth-order valence-corrected chi connectivity index (χ4v) is 6.40. The summed E-state index contributed by atoms with van der Waals surface area (Å²) in [5.41, 5.74) is 6.68. The summed E-state index contributed by atoms with van der Waals surface area (Å²) >= 11 is 1.92. The normalized spacial score (nSPS) is 12.2. The Hall–Kier alpha value is -2.91. The summed E-state index contributed by atoms with van der Waals surface area (Å²) < 4.78 is 5.12.